The second-order valence-electron chi connectivity index (χ2n) is 5.82. The highest BCUT2D eigenvalue weighted by atomic mass is 32.2. The summed E-state index contributed by atoms with van der Waals surface area (Å²) in [5.74, 6) is 0. The van der Waals surface area contributed by atoms with Crippen LogP contribution in [0.25, 0.3) is 0 Å². The van der Waals surface area contributed by atoms with Crippen LogP contribution < -0.4 is 10.5 Å². The van der Waals surface area contributed by atoms with Gasteiger partial charge in [-0.2, -0.15) is 12.7 Å². The van der Waals surface area contributed by atoms with Crippen molar-refractivity contribution in [1.82, 2.24) is 13.9 Å². The van der Waals surface area contributed by atoms with E-state index in [-0.39, 0.29) is 6.04 Å². The standard InChI is InChI=1S/C13H30N4O2S/c1-12(2)16(3)9-6-8-15-20(18,19)17-10-5-4-7-13(17)11-14/h12-13,15H,4-11,14H2,1-3H3. The van der Waals surface area contributed by atoms with Crippen LogP contribution in [0.5, 0.6) is 0 Å². The molecule has 0 saturated carbocycles. The van der Waals surface area contributed by atoms with Gasteiger partial charge in [0.2, 0.25) is 0 Å². The summed E-state index contributed by atoms with van der Waals surface area (Å²) < 4.78 is 28.8. The lowest BCUT2D eigenvalue weighted by molar-refractivity contribution is 0.252. The maximum atomic E-state index is 12.3. The van der Waals surface area contributed by atoms with Crippen molar-refractivity contribution in [3.05, 3.63) is 0 Å². The predicted octanol–water partition coefficient (Wildman–Crippen LogP) is 0.364. The number of hydrogen-bond acceptors (Lipinski definition) is 4. The monoisotopic (exact) mass is 306 g/mol. The average Bonchev–Trinajstić information content (AvgIpc) is 2.43. The molecule has 1 aliphatic rings. The Morgan fingerprint density at radius 1 is 1.40 bits per heavy atom. The molecule has 0 radical (unpaired) electrons. The van der Waals surface area contributed by atoms with E-state index in [1.807, 2.05) is 7.05 Å². The van der Waals surface area contributed by atoms with Gasteiger partial charge in [0.1, 0.15) is 0 Å². The van der Waals surface area contributed by atoms with Gasteiger partial charge in [0.05, 0.1) is 0 Å². The van der Waals surface area contributed by atoms with Gasteiger partial charge in [0, 0.05) is 31.7 Å². The maximum Gasteiger partial charge on any atom is 0.279 e. The first-order chi connectivity index (χ1) is 9.38. The van der Waals surface area contributed by atoms with Gasteiger partial charge in [-0.1, -0.05) is 6.42 Å². The van der Waals surface area contributed by atoms with Gasteiger partial charge < -0.3 is 10.6 Å². The van der Waals surface area contributed by atoms with Crippen molar-refractivity contribution in [2.24, 2.45) is 5.73 Å². The van der Waals surface area contributed by atoms with Crippen LogP contribution in [-0.4, -0.2) is 62.9 Å². The van der Waals surface area contributed by atoms with Gasteiger partial charge >= 0.3 is 0 Å². The highest BCUT2D eigenvalue weighted by Gasteiger charge is 2.30. The first kappa shape index (κ1) is 17.8. The van der Waals surface area contributed by atoms with Crippen LogP contribution in [0.15, 0.2) is 0 Å². The topological polar surface area (TPSA) is 78.7 Å². The van der Waals surface area contributed by atoms with Crippen LogP contribution in [0.4, 0.5) is 0 Å². The van der Waals surface area contributed by atoms with E-state index >= 15 is 0 Å². The van der Waals surface area contributed by atoms with E-state index in [4.69, 9.17) is 5.73 Å². The van der Waals surface area contributed by atoms with Crippen molar-refractivity contribution in [2.45, 2.75) is 51.6 Å². The quantitative estimate of drug-likeness (QED) is 0.635. The molecule has 0 aromatic heterocycles. The molecule has 7 heteroatoms. The molecule has 3 N–H and O–H groups in total. The Labute approximate surface area is 123 Å². The van der Waals surface area contributed by atoms with Crippen molar-refractivity contribution in [3.63, 3.8) is 0 Å². The SMILES string of the molecule is CC(C)N(C)CCCNS(=O)(=O)N1CCCCC1CN. The van der Waals surface area contributed by atoms with Crippen LogP contribution in [-0.2, 0) is 10.2 Å². The fourth-order valence-electron chi connectivity index (χ4n) is 2.40. The van der Waals surface area contributed by atoms with Crippen LogP contribution in [0.1, 0.15) is 39.5 Å². The summed E-state index contributed by atoms with van der Waals surface area (Å²) in [5, 5.41) is 0. The van der Waals surface area contributed by atoms with Gasteiger partial charge in [-0.3, -0.25) is 0 Å². The van der Waals surface area contributed by atoms with Gasteiger partial charge in [-0.15, -0.1) is 0 Å². The van der Waals surface area contributed by atoms with Gasteiger partial charge in [-0.25, -0.2) is 4.72 Å². The van der Waals surface area contributed by atoms with E-state index in [2.05, 4.69) is 23.5 Å². The van der Waals surface area contributed by atoms with Crippen LogP contribution in [0, 0.1) is 0 Å². The van der Waals surface area contributed by atoms with Gasteiger partial charge in [-0.05, 0) is 46.7 Å². The molecule has 1 rings (SSSR count). The van der Waals surface area contributed by atoms with Crippen molar-refractivity contribution in [3.8, 4) is 0 Å². The lowest BCUT2D eigenvalue weighted by atomic mass is 10.1. The molecule has 1 heterocycles. The minimum Gasteiger partial charge on any atom is -0.329 e. The zero-order valence-electron chi connectivity index (χ0n) is 13.0. The molecule has 1 atom stereocenters. The van der Waals surface area contributed by atoms with Gasteiger partial charge in [0.15, 0.2) is 0 Å². The third-order valence-corrected chi connectivity index (χ3v) is 5.67. The molecular formula is C13H30N4O2S. The number of nitrogens with one attached hydrogen (secondary N) is 1. The Hall–Kier alpha value is -0.210. The third kappa shape index (κ3) is 5.29. The molecule has 120 valence electrons. The number of rotatable bonds is 8. The molecule has 0 amide bonds. The van der Waals surface area contributed by atoms with E-state index in [1.54, 1.807) is 4.31 Å². The van der Waals surface area contributed by atoms with E-state index in [0.717, 1.165) is 32.2 Å². The number of nitrogens with two attached hydrogens (primary N) is 1. The number of hydrogen-bond donors (Lipinski definition) is 2. The van der Waals surface area contributed by atoms with E-state index in [0.29, 0.717) is 25.7 Å². The van der Waals surface area contributed by atoms with E-state index in [9.17, 15) is 8.42 Å². The summed E-state index contributed by atoms with van der Waals surface area (Å²) in [4.78, 5) is 2.21. The summed E-state index contributed by atoms with van der Waals surface area (Å²) >= 11 is 0. The minimum atomic E-state index is -3.38. The summed E-state index contributed by atoms with van der Waals surface area (Å²) in [5.41, 5.74) is 5.68. The molecule has 0 aromatic carbocycles. The van der Waals surface area contributed by atoms with E-state index in [1.165, 1.54) is 0 Å². The lowest BCUT2D eigenvalue weighted by Crippen LogP contribution is -2.51. The molecular weight excluding hydrogens is 276 g/mol. The Kier molecular flexibility index (Phi) is 7.39. The maximum absolute atomic E-state index is 12.3. The third-order valence-electron chi connectivity index (χ3n) is 4.01. The first-order valence-corrected chi connectivity index (χ1v) is 8.99. The zero-order chi connectivity index (χ0) is 15.2. The van der Waals surface area contributed by atoms with Crippen molar-refractivity contribution >= 4 is 10.2 Å². The second kappa shape index (κ2) is 8.29. The molecule has 0 bridgehead atoms. The highest BCUT2D eigenvalue weighted by molar-refractivity contribution is 7.87. The largest absolute Gasteiger partial charge is 0.329 e. The molecule has 20 heavy (non-hydrogen) atoms. The highest BCUT2D eigenvalue weighted by Crippen LogP contribution is 2.18. The number of piperidine rings is 1. The zero-order valence-corrected chi connectivity index (χ0v) is 13.8. The molecule has 1 saturated heterocycles. The van der Waals surface area contributed by atoms with Crippen molar-refractivity contribution < 1.29 is 8.42 Å². The lowest BCUT2D eigenvalue weighted by Gasteiger charge is -2.33. The summed E-state index contributed by atoms with van der Waals surface area (Å²) in [7, 11) is -1.33. The molecule has 6 nitrogen and oxygen atoms in total. The Morgan fingerprint density at radius 3 is 2.70 bits per heavy atom. The normalized spacial score (nSPS) is 21.8. The molecule has 0 aromatic rings. The Morgan fingerprint density at radius 2 is 2.10 bits per heavy atom. The number of nitrogens with zero attached hydrogens (tertiary/aromatic N) is 2. The summed E-state index contributed by atoms with van der Waals surface area (Å²) in [6.07, 6.45) is 3.67. The summed E-state index contributed by atoms with van der Waals surface area (Å²) in [6, 6.07) is 0.440. The van der Waals surface area contributed by atoms with Crippen molar-refractivity contribution in [2.75, 3.05) is 33.2 Å². The molecule has 1 aliphatic heterocycles. The fraction of sp³-hybridized carbons (Fsp3) is 1.00. The van der Waals surface area contributed by atoms with Gasteiger partial charge in [0.25, 0.3) is 10.2 Å². The molecule has 0 aliphatic carbocycles. The summed E-state index contributed by atoms with van der Waals surface area (Å²) in [6.45, 7) is 6.61. The molecule has 0 spiro atoms. The Bertz CT molecular complexity index is 373. The van der Waals surface area contributed by atoms with Crippen LogP contribution in [0.3, 0.4) is 0 Å². The van der Waals surface area contributed by atoms with Crippen LogP contribution in [0.2, 0.25) is 0 Å². The second-order valence-corrected chi connectivity index (χ2v) is 7.53. The first-order valence-electron chi connectivity index (χ1n) is 7.55. The Balaban J connectivity index is 2.40. The molecule has 1 unspecified atom stereocenters. The van der Waals surface area contributed by atoms with Crippen molar-refractivity contribution in [1.29, 1.82) is 0 Å². The fourth-order valence-corrected chi connectivity index (χ4v) is 3.92. The van der Waals surface area contributed by atoms with E-state index < -0.39 is 10.2 Å². The smallest absolute Gasteiger partial charge is 0.279 e. The molecule has 1 fully saturated rings. The van der Waals surface area contributed by atoms with Crippen LogP contribution >= 0.6 is 0 Å². The average molecular weight is 306 g/mol. The minimum absolute atomic E-state index is 0.0420. The predicted molar refractivity (Wildman–Crippen MR) is 82.7 cm³/mol.